The van der Waals surface area contributed by atoms with Crippen molar-refractivity contribution in [3.8, 4) is 11.1 Å². The van der Waals surface area contributed by atoms with Gasteiger partial charge in [0, 0.05) is 5.92 Å². The van der Waals surface area contributed by atoms with Gasteiger partial charge in [-0.05, 0) is 51.1 Å². The van der Waals surface area contributed by atoms with Crippen molar-refractivity contribution < 1.29 is 19.4 Å². The third-order valence-corrected chi connectivity index (χ3v) is 5.96. The molecule has 1 amide bonds. The molecule has 2 aromatic carbocycles. The number of fused-ring (bicyclic) bond motifs is 3. The van der Waals surface area contributed by atoms with Crippen molar-refractivity contribution in [3.05, 3.63) is 58.7 Å². The molecule has 1 aliphatic rings. The molecule has 3 rings (SSSR count). The fourth-order valence-corrected chi connectivity index (χ4v) is 3.91. The van der Waals surface area contributed by atoms with E-state index in [-0.39, 0.29) is 23.4 Å². The Hall–Kier alpha value is -2.82. The van der Waals surface area contributed by atoms with Gasteiger partial charge in [0.05, 0.1) is 0 Å². The molecule has 0 saturated heterocycles. The number of carboxylic acids is 1. The normalized spacial score (nSPS) is 14.5. The number of amides is 1. The van der Waals surface area contributed by atoms with Crippen LogP contribution in [0.5, 0.6) is 0 Å². The van der Waals surface area contributed by atoms with Crippen LogP contribution in [-0.4, -0.2) is 29.8 Å². The molecule has 31 heavy (non-hydrogen) atoms. The number of benzene rings is 2. The van der Waals surface area contributed by atoms with E-state index in [0.717, 1.165) is 22.3 Å². The molecular formula is C26H33NO4. The minimum Gasteiger partial charge on any atom is -0.480 e. The maximum atomic E-state index is 12.2. The number of ether oxygens (including phenoxy) is 1. The van der Waals surface area contributed by atoms with E-state index in [2.05, 4.69) is 83.3 Å². The third-order valence-electron chi connectivity index (χ3n) is 5.96. The van der Waals surface area contributed by atoms with E-state index in [1.807, 2.05) is 0 Å². The molecule has 1 atom stereocenters. The molecule has 2 aromatic rings. The number of hydrogen-bond acceptors (Lipinski definition) is 3. The van der Waals surface area contributed by atoms with E-state index < -0.39 is 18.1 Å². The molecule has 0 aromatic heterocycles. The Bertz CT molecular complexity index is 948. The lowest BCUT2D eigenvalue weighted by Crippen LogP contribution is -2.39. The lowest BCUT2D eigenvalue weighted by atomic mass is 9.83. The summed E-state index contributed by atoms with van der Waals surface area (Å²) in [5.41, 5.74) is 7.07. The molecule has 0 radical (unpaired) electrons. The van der Waals surface area contributed by atoms with Gasteiger partial charge in [0.25, 0.3) is 0 Å². The second kappa shape index (κ2) is 8.03. The number of alkyl carbamates (subject to hydrolysis) is 1. The smallest absolute Gasteiger partial charge is 0.407 e. The highest BCUT2D eigenvalue weighted by atomic mass is 16.5. The Balaban J connectivity index is 1.98. The van der Waals surface area contributed by atoms with Crippen LogP contribution in [0.4, 0.5) is 4.79 Å². The first kappa shape index (κ1) is 22.9. The number of aliphatic carboxylic acids is 1. The molecule has 0 bridgehead atoms. The molecule has 0 heterocycles. The summed E-state index contributed by atoms with van der Waals surface area (Å²) in [6, 6.07) is 12.1. The van der Waals surface area contributed by atoms with Gasteiger partial charge in [-0.15, -0.1) is 0 Å². The molecule has 5 nitrogen and oxygen atoms in total. The van der Waals surface area contributed by atoms with Crippen LogP contribution in [0.25, 0.3) is 11.1 Å². The van der Waals surface area contributed by atoms with Gasteiger partial charge >= 0.3 is 12.1 Å². The number of carbonyl (C=O) groups excluding carboxylic acids is 1. The van der Waals surface area contributed by atoms with Gasteiger partial charge in [-0.3, -0.25) is 4.79 Å². The van der Waals surface area contributed by atoms with Gasteiger partial charge in [-0.25, -0.2) is 4.79 Å². The molecule has 0 saturated carbocycles. The molecule has 0 unspecified atom stereocenters. The fraction of sp³-hybridized carbons (Fsp3) is 0.462. The van der Waals surface area contributed by atoms with Crippen LogP contribution in [-0.2, 0) is 20.4 Å². The van der Waals surface area contributed by atoms with Crippen LogP contribution in [0.2, 0.25) is 0 Å². The average molecular weight is 424 g/mol. The van der Waals surface area contributed by atoms with Gasteiger partial charge in [-0.2, -0.15) is 0 Å². The summed E-state index contributed by atoms with van der Waals surface area (Å²) in [4.78, 5) is 23.2. The lowest BCUT2D eigenvalue weighted by Gasteiger charge is -2.22. The zero-order valence-corrected chi connectivity index (χ0v) is 19.5. The van der Waals surface area contributed by atoms with Gasteiger partial charge in [-0.1, -0.05) is 77.9 Å². The van der Waals surface area contributed by atoms with E-state index in [0.29, 0.717) is 0 Å². The van der Waals surface area contributed by atoms with Crippen molar-refractivity contribution in [1.29, 1.82) is 0 Å². The molecule has 2 N–H and O–H groups in total. The van der Waals surface area contributed by atoms with Crippen LogP contribution in [0.1, 0.15) is 76.6 Å². The molecule has 1 aliphatic carbocycles. The van der Waals surface area contributed by atoms with Crippen molar-refractivity contribution >= 4 is 12.1 Å². The number of carbonyl (C=O) groups is 2. The zero-order chi connectivity index (χ0) is 23.1. The van der Waals surface area contributed by atoms with Crippen LogP contribution in [0.3, 0.4) is 0 Å². The number of carboxylic acid groups (broad SMARTS) is 1. The van der Waals surface area contributed by atoms with Crippen LogP contribution in [0.15, 0.2) is 36.4 Å². The number of rotatable bonds is 4. The predicted molar refractivity (Wildman–Crippen MR) is 123 cm³/mol. The maximum absolute atomic E-state index is 12.2. The first-order chi connectivity index (χ1) is 14.3. The van der Waals surface area contributed by atoms with Gasteiger partial charge in [0.2, 0.25) is 0 Å². The highest BCUT2D eigenvalue weighted by Crippen LogP contribution is 2.47. The first-order valence-corrected chi connectivity index (χ1v) is 10.7. The largest absolute Gasteiger partial charge is 0.480 e. The van der Waals surface area contributed by atoms with E-state index in [9.17, 15) is 9.59 Å². The highest BCUT2D eigenvalue weighted by molar-refractivity contribution is 5.81. The summed E-state index contributed by atoms with van der Waals surface area (Å²) >= 11 is 0. The lowest BCUT2D eigenvalue weighted by molar-refractivity contribution is -0.138. The monoisotopic (exact) mass is 423 g/mol. The Morgan fingerprint density at radius 3 is 1.77 bits per heavy atom. The minimum atomic E-state index is -1.10. The molecule has 0 spiro atoms. The summed E-state index contributed by atoms with van der Waals surface area (Å²) in [7, 11) is 0. The Morgan fingerprint density at radius 1 is 0.935 bits per heavy atom. The number of hydrogen-bond donors (Lipinski definition) is 2. The first-order valence-electron chi connectivity index (χ1n) is 10.7. The van der Waals surface area contributed by atoms with Crippen LogP contribution < -0.4 is 5.32 Å². The Kier molecular flexibility index (Phi) is 5.92. The summed E-state index contributed by atoms with van der Waals surface area (Å²) in [5.74, 6) is -1.20. The highest BCUT2D eigenvalue weighted by Gasteiger charge is 2.32. The van der Waals surface area contributed by atoms with E-state index in [1.165, 1.54) is 18.1 Å². The topological polar surface area (TPSA) is 75.6 Å². The maximum Gasteiger partial charge on any atom is 0.407 e. The quantitative estimate of drug-likeness (QED) is 0.672. The number of nitrogens with one attached hydrogen (secondary N) is 1. The van der Waals surface area contributed by atoms with Gasteiger partial charge in [0.15, 0.2) is 0 Å². The minimum absolute atomic E-state index is 0.0000756. The van der Waals surface area contributed by atoms with Crippen molar-refractivity contribution in [1.82, 2.24) is 5.32 Å². The fourth-order valence-electron chi connectivity index (χ4n) is 3.91. The van der Waals surface area contributed by atoms with E-state index in [1.54, 1.807) is 0 Å². The summed E-state index contributed by atoms with van der Waals surface area (Å²) in [6.07, 6.45) is -0.719. The average Bonchev–Trinajstić information content (AvgIpc) is 2.97. The second-order valence-corrected chi connectivity index (χ2v) is 10.5. The van der Waals surface area contributed by atoms with Gasteiger partial charge < -0.3 is 15.2 Å². The van der Waals surface area contributed by atoms with Crippen molar-refractivity contribution in [2.24, 2.45) is 0 Å². The molecule has 0 aliphatic heterocycles. The molecular weight excluding hydrogens is 390 g/mol. The molecule has 0 fully saturated rings. The van der Waals surface area contributed by atoms with Gasteiger partial charge in [0.1, 0.15) is 12.6 Å². The van der Waals surface area contributed by atoms with Crippen LogP contribution >= 0.6 is 0 Å². The summed E-state index contributed by atoms with van der Waals surface area (Å²) in [6.45, 7) is 14.7. The van der Waals surface area contributed by atoms with Crippen molar-refractivity contribution in [2.75, 3.05) is 6.61 Å². The van der Waals surface area contributed by atoms with Crippen molar-refractivity contribution in [2.45, 2.75) is 71.3 Å². The second-order valence-electron chi connectivity index (χ2n) is 10.5. The Labute approximate surface area is 184 Å². The Morgan fingerprint density at radius 2 is 1.39 bits per heavy atom. The standard InChI is InChI=1S/C26H33NO4/c1-15(23(28)29)27-24(30)31-14-22-20-12-16(25(2,3)4)8-10-18(20)19-11-9-17(13-21(19)22)26(5,6)7/h8-13,15,22H,14H2,1-7H3,(H,27,30)(H,28,29)/t15-/m0/s1. The van der Waals surface area contributed by atoms with E-state index in [4.69, 9.17) is 9.84 Å². The van der Waals surface area contributed by atoms with E-state index >= 15 is 0 Å². The third kappa shape index (κ3) is 4.76. The summed E-state index contributed by atoms with van der Waals surface area (Å²) in [5, 5.41) is 11.4. The van der Waals surface area contributed by atoms with Crippen molar-refractivity contribution in [3.63, 3.8) is 0 Å². The zero-order valence-electron chi connectivity index (χ0n) is 19.5. The summed E-state index contributed by atoms with van der Waals surface area (Å²) < 4.78 is 5.50. The van der Waals surface area contributed by atoms with Crippen LogP contribution in [0, 0.1) is 0 Å². The molecule has 5 heteroatoms. The molecule has 166 valence electrons. The predicted octanol–water partition coefficient (Wildman–Crippen LogP) is 5.59. The SMILES string of the molecule is C[C@H](NC(=O)OCC1c2cc(C(C)(C)C)ccc2-c2ccc(C(C)(C)C)cc21)C(=O)O.